The maximum atomic E-state index is 15.2. The van der Waals surface area contributed by atoms with Gasteiger partial charge in [-0.2, -0.15) is 0 Å². The number of nitrogens with one attached hydrogen (secondary N) is 2. The number of H-pyrrole nitrogens is 2. The molecule has 0 spiro atoms. The second-order valence-corrected chi connectivity index (χ2v) is 11.6. The van der Waals surface area contributed by atoms with Crippen molar-refractivity contribution in [3.8, 4) is 0 Å². The van der Waals surface area contributed by atoms with Gasteiger partial charge in [0.2, 0.25) is 11.6 Å². The molecule has 0 bridgehead atoms. The molecule has 244 valence electrons. The number of carbonyl (C=O) groups is 4. The fraction of sp³-hybridized carbons (Fsp3) is 0.0476. The van der Waals surface area contributed by atoms with Crippen molar-refractivity contribution in [2.75, 3.05) is 0 Å². The highest BCUT2D eigenvalue weighted by Crippen LogP contribution is 2.43. The summed E-state index contributed by atoms with van der Waals surface area (Å²) in [6.07, 6.45) is 3.89. The Morgan fingerprint density at radius 3 is 1.28 bits per heavy atom. The number of fused-ring (bicyclic) bond motifs is 2. The Bertz CT molecular complexity index is 2250. The quantitative estimate of drug-likeness (QED) is 0.0873. The molecule has 0 unspecified atom stereocenters. The molecule has 7 rings (SSSR count). The molecule has 0 fully saturated rings. The van der Waals surface area contributed by atoms with Gasteiger partial charge < -0.3 is 19.4 Å². The van der Waals surface area contributed by atoms with Crippen molar-refractivity contribution in [1.29, 1.82) is 0 Å². The molecular formula is C42H30N2O6. The van der Waals surface area contributed by atoms with Crippen LogP contribution in [0.25, 0.3) is 33.0 Å². The molecule has 1 aliphatic carbocycles. The van der Waals surface area contributed by atoms with Gasteiger partial charge in [0.25, 0.3) is 0 Å². The summed E-state index contributed by atoms with van der Waals surface area (Å²) in [6, 6.07) is 30.9. The van der Waals surface area contributed by atoms with E-state index in [2.05, 4.69) is 23.1 Å². The van der Waals surface area contributed by atoms with Crippen LogP contribution in [-0.2, 0) is 31.9 Å². The predicted molar refractivity (Wildman–Crippen MR) is 192 cm³/mol. The zero-order valence-corrected chi connectivity index (χ0v) is 26.8. The van der Waals surface area contributed by atoms with E-state index in [9.17, 15) is 9.59 Å². The number of benzene rings is 4. The second kappa shape index (κ2) is 13.4. The van der Waals surface area contributed by atoms with Gasteiger partial charge in [-0.15, -0.1) is 13.2 Å². The van der Waals surface area contributed by atoms with Gasteiger partial charge in [-0.1, -0.05) is 84.9 Å². The largest absolute Gasteiger partial charge is 0.418 e. The topological polar surface area (TPSA) is 118 Å². The first-order valence-corrected chi connectivity index (χ1v) is 15.9. The van der Waals surface area contributed by atoms with Gasteiger partial charge in [0.05, 0.1) is 22.3 Å². The van der Waals surface area contributed by atoms with E-state index in [-0.39, 0.29) is 35.1 Å². The van der Waals surface area contributed by atoms with Crippen molar-refractivity contribution in [3.05, 3.63) is 180 Å². The number of Topliss-reactive ketones (excluding diaryl/α,β-unsaturated/α-hetero) is 2. The first-order chi connectivity index (χ1) is 24.4. The normalized spacial score (nSPS) is 13.2. The van der Waals surface area contributed by atoms with Crippen molar-refractivity contribution >= 4 is 56.5 Å². The predicted octanol–water partition coefficient (Wildman–Crippen LogP) is 8.09. The highest BCUT2D eigenvalue weighted by atomic mass is 16.6. The number of ketones is 2. The maximum absolute atomic E-state index is 15.2. The average Bonchev–Trinajstić information content (AvgIpc) is 3.69. The number of hydrogen-bond donors (Lipinski definition) is 2. The summed E-state index contributed by atoms with van der Waals surface area (Å²) in [5.41, 5.74) is 3.10. The van der Waals surface area contributed by atoms with Crippen LogP contribution < -0.4 is 0 Å². The third-order valence-corrected chi connectivity index (χ3v) is 8.49. The zero-order valence-electron chi connectivity index (χ0n) is 26.8. The van der Waals surface area contributed by atoms with Crippen molar-refractivity contribution in [1.82, 2.24) is 9.97 Å². The summed E-state index contributed by atoms with van der Waals surface area (Å²) in [4.78, 5) is 64.4. The van der Waals surface area contributed by atoms with Gasteiger partial charge in [0, 0.05) is 57.2 Å². The van der Waals surface area contributed by atoms with Gasteiger partial charge in [-0.3, -0.25) is 9.59 Å². The van der Waals surface area contributed by atoms with E-state index in [0.717, 1.165) is 0 Å². The smallest absolute Gasteiger partial charge is 0.343 e. The Balaban J connectivity index is 1.54. The summed E-state index contributed by atoms with van der Waals surface area (Å²) in [5, 5.41) is 1.20. The van der Waals surface area contributed by atoms with Crippen LogP contribution in [-0.4, -0.2) is 33.5 Å². The molecule has 2 aromatic heterocycles. The second-order valence-electron chi connectivity index (χ2n) is 11.6. The SMILES string of the molecule is C=CCc1[nH]c2ccccc2c1C1=C(OC(=O)c2ccccc2)C(=O)C(c2c(CC=C)[nH]c3ccccc23)=C(OC(=O)c2ccccc2)C1=O. The summed E-state index contributed by atoms with van der Waals surface area (Å²) < 4.78 is 12.0. The minimum absolute atomic E-state index is 0.177. The molecule has 6 aromatic rings. The third-order valence-electron chi connectivity index (χ3n) is 8.49. The molecule has 0 radical (unpaired) electrons. The van der Waals surface area contributed by atoms with Gasteiger partial charge in [0.15, 0.2) is 11.5 Å². The van der Waals surface area contributed by atoms with Crippen LogP contribution in [0.15, 0.2) is 146 Å². The standard InChI is InChI=1S/C42H30N2O6/c1-3-15-31-33(27-21-11-13-23-29(27)43-31)35-37(45)40(50-42(48)26-19-9-6-10-20-26)36(34-28-22-12-14-24-30(28)44-32(34)16-4-2)38(46)39(35)49-41(47)25-17-7-5-8-18-25/h3-14,17-24,43-44H,1-2,15-16H2. The van der Waals surface area contributed by atoms with E-state index in [1.807, 2.05) is 24.3 Å². The molecule has 1 aliphatic rings. The van der Waals surface area contributed by atoms with E-state index in [1.165, 1.54) is 0 Å². The van der Waals surface area contributed by atoms with E-state index in [0.29, 0.717) is 44.3 Å². The van der Waals surface area contributed by atoms with Gasteiger partial charge in [0.1, 0.15) is 0 Å². The monoisotopic (exact) mass is 658 g/mol. The number of aromatic amines is 2. The lowest BCUT2D eigenvalue weighted by Crippen LogP contribution is -2.28. The molecule has 2 heterocycles. The molecule has 50 heavy (non-hydrogen) atoms. The number of hydrogen-bond acceptors (Lipinski definition) is 6. The minimum atomic E-state index is -0.835. The Kier molecular flexibility index (Phi) is 8.50. The van der Waals surface area contributed by atoms with Crippen LogP contribution in [0.1, 0.15) is 43.2 Å². The molecule has 2 N–H and O–H groups in total. The van der Waals surface area contributed by atoms with E-state index >= 15 is 9.59 Å². The van der Waals surface area contributed by atoms with Crippen molar-refractivity contribution in [3.63, 3.8) is 0 Å². The Labute approximate surface area is 287 Å². The van der Waals surface area contributed by atoms with Crippen molar-refractivity contribution in [2.24, 2.45) is 0 Å². The Morgan fingerprint density at radius 2 is 0.900 bits per heavy atom. The molecule has 8 heteroatoms. The molecule has 0 aliphatic heterocycles. The molecule has 0 atom stereocenters. The molecule has 0 saturated heterocycles. The van der Waals surface area contributed by atoms with Gasteiger partial charge >= 0.3 is 11.9 Å². The highest BCUT2D eigenvalue weighted by Gasteiger charge is 2.43. The first kappa shape index (κ1) is 31.8. The lowest BCUT2D eigenvalue weighted by molar-refractivity contribution is -0.117. The summed E-state index contributed by atoms with van der Waals surface area (Å²) >= 11 is 0. The van der Waals surface area contributed by atoms with Crippen LogP contribution in [0.3, 0.4) is 0 Å². The number of allylic oxidation sites excluding steroid dienone is 4. The maximum Gasteiger partial charge on any atom is 0.343 e. The molecule has 4 aromatic carbocycles. The molecular weight excluding hydrogens is 628 g/mol. The summed E-state index contributed by atoms with van der Waals surface area (Å²) in [6.45, 7) is 7.76. The number of para-hydroxylation sites is 2. The number of esters is 2. The lowest BCUT2D eigenvalue weighted by Gasteiger charge is -2.24. The van der Waals surface area contributed by atoms with Crippen LogP contribution >= 0.6 is 0 Å². The van der Waals surface area contributed by atoms with Gasteiger partial charge in [-0.25, -0.2) is 9.59 Å². The fourth-order valence-electron chi connectivity index (χ4n) is 6.32. The third kappa shape index (κ3) is 5.58. The van der Waals surface area contributed by atoms with E-state index in [1.54, 1.807) is 97.1 Å². The number of ether oxygens (including phenoxy) is 2. The van der Waals surface area contributed by atoms with E-state index < -0.39 is 35.0 Å². The van der Waals surface area contributed by atoms with Crippen molar-refractivity contribution in [2.45, 2.75) is 12.8 Å². The molecule has 0 saturated carbocycles. The minimum Gasteiger partial charge on any atom is -0.418 e. The lowest BCUT2D eigenvalue weighted by atomic mass is 9.83. The Hall–Kier alpha value is -6.80. The summed E-state index contributed by atoms with van der Waals surface area (Å²) in [7, 11) is 0. The Morgan fingerprint density at radius 1 is 0.540 bits per heavy atom. The first-order valence-electron chi connectivity index (χ1n) is 15.9. The number of carbonyl (C=O) groups excluding carboxylic acids is 4. The summed E-state index contributed by atoms with van der Waals surface area (Å²) in [5.74, 6) is -4.24. The van der Waals surface area contributed by atoms with Gasteiger partial charge in [-0.05, 0) is 36.4 Å². The zero-order chi connectivity index (χ0) is 34.8. The number of aromatic nitrogens is 2. The van der Waals surface area contributed by atoms with Crippen molar-refractivity contribution < 1.29 is 28.7 Å². The molecule has 8 nitrogen and oxygen atoms in total. The number of rotatable bonds is 10. The van der Waals surface area contributed by atoms with Crippen LogP contribution in [0.4, 0.5) is 0 Å². The molecule has 0 amide bonds. The van der Waals surface area contributed by atoms with E-state index in [4.69, 9.17) is 9.47 Å². The van der Waals surface area contributed by atoms with Crippen LogP contribution in [0, 0.1) is 0 Å². The van der Waals surface area contributed by atoms with Crippen LogP contribution in [0.5, 0.6) is 0 Å². The van der Waals surface area contributed by atoms with Crippen LogP contribution in [0.2, 0.25) is 0 Å². The average molecular weight is 659 g/mol. The fourth-order valence-corrected chi connectivity index (χ4v) is 6.32. The highest BCUT2D eigenvalue weighted by molar-refractivity contribution is 6.49.